The lowest BCUT2D eigenvalue weighted by Gasteiger charge is -2.20. The smallest absolute Gasteiger partial charge is 0.0636 e. The van der Waals surface area contributed by atoms with Crippen LogP contribution < -0.4 is 11.1 Å². The summed E-state index contributed by atoms with van der Waals surface area (Å²) >= 11 is 6.16. The molecule has 0 aliphatic carbocycles. The van der Waals surface area contributed by atoms with Crippen LogP contribution >= 0.6 is 11.6 Å². The van der Waals surface area contributed by atoms with Gasteiger partial charge < -0.3 is 11.1 Å². The predicted octanol–water partition coefficient (Wildman–Crippen LogP) is 4.38. The molecule has 20 heavy (non-hydrogen) atoms. The van der Waals surface area contributed by atoms with E-state index in [2.05, 4.69) is 37.4 Å². The van der Waals surface area contributed by atoms with Crippen LogP contribution in [0.4, 0.5) is 5.69 Å². The molecule has 0 heterocycles. The Morgan fingerprint density at radius 3 is 2.30 bits per heavy atom. The number of anilines is 1. The van der Waals surface area contributed by atoms with E-state index in [-0.39, 0.29) is 6.04 Å². The van der Waals surface area contributed by atoms with Crippen LogP contribution in [0.3, 0.4) is 0 Å². The van der Waals surface area contributed by atoms with E-state index < -0.39 is 0 Å². The molecule has 1 unspecified atom stereocenters. The van der Waals surface area contributed by atoms with Gasteiger partial charge in [-0.25, -0.2) is 0 Å². The maximum atomic E-state index is 6.16. The van der Waals surface area contributed by atoms with E-state index in [0.717, 1.165) is 16.3 Å². The molecule has 0 amide bonds. The molecule has 0 bridgehead atoms. The first-order chi connectivity index (χ1) is 9.51. The minimum absolute atomic E-state index is 0.0908. The predicted molar refractivity (Wildman–Crippen MR) is 87.5 cm³/mol. The zero-order chi connectivity index (χ0) is 14.7. The fourth-order valence-corrected chi connectivity index (χ4v) is 2.32. The van der Waals surface area contributed by atoms with Gasteiger partial charge >= 0.3 is 0 Å². The molecule has 0 aromatic heterocycles. The monoisotopic (exact) mass is 288 g/mol. The van der Waals surface area contributed by atoms with E-state index in [1.807, 2.05) is 25.1 Å². The van der Waals surface area contributed by atoms with Crippen molar-refractivity contribution in [3.8, 4) is 0 Å². The van der Waals surface area contributed by atoms with Gasteiger partial charge in [-0.15, -0.1) is 0 Å². The Morgan fingerprint density at radius 1 is 1.00 bits per heavy atom. The molecule has 2 rings (SSSR count). The third-order valence-corrected chi connectivity index (χ3v) is 4.09. The Morgan fingerprint density at radius 2 is 1.70 bits per heavy atom. The van der Waals surface area contributed by atoms with Crippen LogP contribution in [0.25, 0.3) is 0 Å². The van der Waals surface area contributed by atoms with E-state index in [1.54, 1.807) is 0 Å². The molecular formula is C17H21ClN2. The number of nitrogens with one attached hydrogen (secondary N) is 1. The van der Waals surface area contributed by atoms with Crippen LogP contribution in [0.1, 0.15) is 28.3 Å². The highest BCUT2D eigenvalue weighted by molar-refractivity contribution is 6.31. The molecule has 0 aliphatic rings. The van der Waals surface area contributed by atoms with Crippen LogP contribution in [0, 0.1) is 20.8 Å². The van der Waals surface area contributed by atoms with Gasteiger partial charge in [0.15, 0.2) is 0 Å². The second-order valence-electron chi connectivity index (χ2n) is 5.24. The van der Waals surface area contributed by atoms with Crippen molar-refractivity contribution in [1.82, 2.24) is 0 Å². The van der Waals surface area contributed by atoms with Crippen molar-refractivity contribution < 1.29 is 0 Å². The van der Waals surface area contributed by atoms with Gasteiger partial charge in [0.25, 0.3) is 0 Å². The molecule has 0 radical (unpaired) electrons. The minimum atomic E-state index is 0.0908. The molecule has 3 N–H and O–H groups in total. The van der Waals surface area contributed by atoms with Gasteiger partial charge in [-0.05, 0) is 55.2 Å². The molecule has 106 valence electrons. The SMILES string of the molecule is Cc1ccc(C(CN)Nc2ccc(C)c(Cl)c2)cc1C. The van der Waals surface area contributed by atoms with E-state index in [1.165, 1.54) is 16.7 Å². The lowest BCUT2D eigenvalue weighted by atomic mass is 10.0. The van der Waals surface area contributed by atoms with Gasteiger partial charge in [0, 0.05) is 17.3 Å². The van der Waals surface area contributed by atoms with E-state index >= 15 is 0 Å². The molecule has 0 aliphatic heterocycles. The van der Waals surface area contributed by atoms with Crippen molar-refractivity contribution >= 4 is 17.3 Å². The summed E-state index contributed by atoms with van der Waals surface area (Å²) in [6.07, 6.45) is 0. The van der Waals surface area contributed by atoms with Crippen molar-refractivity contribution in [3.05, 3.63) is 63.7 Å². The number of nitrogens with two attached hydrogens (primary N) is 1. The van der Waals surface area contributed by atoms with Crippen molar-refractivity contribution in [1.29, 1.82) is 0 Å². The Kier molecular flexibility index (Phi) is 4.69. The van der Waals surface area contributed by atoms with Gasteiger partial charge in [0.2, 0.25) is 0 Å². The molecule has 2 aromatic rings. The van der Waals surface area contributed by atoms with Gasteiger partial charge in [-0.1, -0.05) is 35.9 Å². The standard InChI is InChI=1S/C17H21ClN2/c1-11-4-6-14(8-13(11)3)17(10-19)20-15-7-5-12(2)16(18)9-15/h4-9,17,20H,10,19H2,1-3H3. The Labute approximate surface area is 126 Å². The number of halogens is 1. The van der Waals surface area contributed by atoms with Crippen LogP contribution in [-0.2, 0) is 0 Å². The molecule has 0 fully saturated rings. The topological polar surface area (TPSA) is 38.0 Å². The van der Waals surface area contributed by atoms with Crippen molar-refractivity contribution in [2.24, 2.45) is 5.73 Å². The lowest BCUT2D eigenvalue weighted by molar-refractivity contribution is 0.788. The quantitative estimate of drug-likeness (QED) is 0.876. The zero-order valence-corrected chi connectivity index (χ0v) is 13.0. The van der Waals surface area contributed by atoms with Gasteiger partial charge in [0.05, 0.1) is 6.04 Å². The normalized spacial score (nSPS) is 12.2. The fourth-order valence-electron chi connectivity index (χ4n) is 2.14. The Balaban J connectivity index is 2.23. The second-order valence-corrected chi connectivity index (χ2v) is 5.65. The highest BCUT2D eigenvalue weighted by atomic mass is 35.5. The van der Waals surface area contributed by atoms with Crippen LogP contribution in [0.2, 0.25) is 5.02 Å². The van der Waals surface area contributed by atoms with E-state index in [0.29, 0.717) is 6.54 Å². The van der Waals surface area contributed by atoms with Gasteiger partial charge in [-0.2, -0.15) is 0 Å². The average Bonchev–Trinajstić information content (AvgIpc) is 2.43. The summed E-state index contributed by atoms with van der Waals surface area (Å²) < 4.78 is 0. The van der Waals surface area contributed by atoms with Crippen molar-refractivity contribution in [3.63, 3.8) is 0 Å². The molecule has 0 spiro atoms. The summed E-state index contributed by atoms with van der Waals surface area (Å²) in [6.45, 7) is 6.77. The summed E-state index contributed by atoms with van der Waals surface area (Å²) in [4.78, 5) is 0. The largest absolute Gasteiger partial charge is 0.377 e. The number of aryl methyl sites for hydroxylation is 3. The molecule has 1 atom stereocenters. The first-order valence-corrected chi connectivity index (χ1v) is 7.19. The van der Waals surface area contributed by atoms with Crippen molar-refractivity contribution in [2.45, 2.75) is 26.8 Å². The molecular weight excluding hydrogens is 268 g/mol. The lowest BCUT2D eigenvalue weighted by Crippen LogP contribution is -2.20. The number of hydrogen-bond donors (Lipinski definition) is 2. The molecule has 3 heteroatoms. The minimum Gasteiger partial charge on any atom is -0.377 e. The summed E-state index contributed by atoms with van der Waals surface area (Å²) in [6, 6.07) is 12.5. The van der Waals surface area contributed by atoms with Gasteiger partial charge in [-0.3, -0.25) is 0 Å². The fraction of sp³-hybridized carbons (Fsp3) is 0.294. The van der Waals surface area contributed by atoms with Crippen molar-refractivity contribution in [2.75, 3.05) is 11.9 Å². The first kappa shape index (κ1) is 14.9. The summed E-state index contributed by atoms with van der Waals surface area (Å²) in [7, 11) is 0. The van der Waals surface area contributed by atoms with Crippen LogP contribution in [-0.4, -0.2) is 6.54 Å². The highest BCUT2D eigenvalue weighted by Crippen LogP contribution is 2.25. The summed E-state index contributed by atoms with van der Waals surface area (Å²) in [5, 5.41) is 4.22. The Bertz CT molecular complexity index is 608. The number of rotatable bonds is 4. The zero-order valence-electron chi connectivity index (χ0n) is 12.2. The summed E-state index contributed by atoms with van der Waals surface area (Å²) in [5.41, 5.74) is 11.8. The van der Waals surface area contributed by atoms with Crippen LogP contribution in [0.15, 0.2) is 36.4 Å². The van der Waals surface area contributed by atoms with Gasteiger partial charge in [0.1, 0.15) is 0 Å². The second kappa shape index (κ2) is 6.29. The summed E-state index contributed by atoms with van der Waals surface area (Å²) in [5.74, 6) is 0. The molecule has 0 saturated heterocycles. The highest BCUT2D eigenvalue weighted by Gasteiger charge is 2.10. The maximum absolute atomic E-state index is 6.16. The van der Waals surface area contributed by atoms with E-state index in [4.69, 9.17) is 17.3 Å². The molecule has 2 aromatic carbocycles. The average molecular weight is 289 g/mol. The third-order valence-electron chi connectivity index (χ3n) is 3.68. The Hall–Kier alpha value is -1.51. The van der Waals surface area contributed by atoms with Crippen LogP contribution in [0.5, 0.6) is 0 Å². The number of hydrogen-bond acceptors (Lipinski definition) is 2. The maximum Gasteiger partial charge on any atom is 0.0636 e. The number of benzene rings is 2. The first-order valence-electron chi connectivity index (χ1n) is 6.81. The third kappa shape index (κ3) is 3.33. The molecule has 0 saturated carbocycles. The van der Waals surface area contributed by atoms with E-state index in [9.17, 15) is 0 Å². The molecule has 2 nitrogen and oxygen atoms in total.